The molecule has 1 aliphatic heterocycles. The van der Waals surface area contributed by atoms with Crippen molar-refractivity contribution in [3.8, 4) is 0 Å². The average molecular weight is 273 g/mol. The molecule has 1 saturated heterocycles. The maximum Gasteiger partial charge on any atom is 0.0802 e. The van der Waals surface area contributed by atoms with E-state index in [-0.39, 0.29) is 6.10 Å². The van der Waals surface area contributed by atoms with Gasteiger partial charge in [-0.1, -0.05) is 43.2 Å². The van der Waals surface area contributed by atoms with E-state index in [9.17, 15) is 5.11 Å². The SMILES string of the molecule is OC(CCN1CCC[C@H]2CCCC[C@H]21)c1ccccc1. The first-order valence-corrected chi connectivity index (χ1v) is 8.31. The summed E-state index contributed by atoms with van der Waals surface area (Å²) in [6, 6.07) is 10.9. The summed E-state index contributed by atoms with van der Waals surface area (Å²) in [7, 11) is 0. The Morgan fingerprint density at radius 3 is 2.65 bits per heavy atom. The van der Waals surface area contributed by atoms with Crippen LogP contribution >= 0.6 is 0 Å². The molecule has 1 N–H and O–H groups in total. The highest BCUT2D eigenvalue weighted by Gasteiger charge is 2.32. The van der Waals surface area contributed by atoms with Crippen molar-refractivity contribution < 1.29 is 5.11 Å². The molecule has 3 atom stereocenters. The molecule has 1 aromatic carbocycles. The molecule has 1 unspecified atom stereocenters. The van der Waals surface area contributed by atoms with Gasteiger partial charge < -0.3 is 10.0 Å². The molecule has 110 valence electrons. The van der Waals surface area contributed by atoms with Crippen LogP contribution in [0.15, 0.2) is 30.3 Å². The van der Waals surface area contributed by atoms with E-state index < -0.39 is 0 Å². The summed E-state index contributed by atoms with van der Waals surface area (Å²) in [5.41, 5.74) is 1.06. The van der Waals surface area contributed by atoms with E-state index in [1.165, 1.54) is 45.1 Å². The zero-order chi connectivity index (χ0) is 13.8. The molecule has 1 aromatic rings. The number of piperidine rings is 1. The summed E-state index contributed by atoms with van der Waals surface area (Å²) in [6.45, 7) is 2.29. The maximum absolute atomic E-state index is 10.3. The third kappa shape index (κ3) is 3.24. The molecule has 0 amide bonds. The first-order chi connectivity index (χ1) is 9.84. The topological polar surface area (TPSA) is 23.5 Å². The lowest BCUT2D eigenvalue weighted by molar-refractivity contribution is 0.0456. The van der Waals surface area contributed by atoms with E-state index in [2.05, 4.69) is 4.90 Å². The van der Waals surface area contributed by atoms with Crippen molar-refractivity contribution in [2.24, 2.45) is 5.92 Å². The molecule has 0 aromatic heterocycles. The molecule has 2 nitrogen and oxygen atoms in total. The Bertz CT molecular complexity index is 403. The van der Waals surface area contributed by atoms with Crippen LogP contribution in [0.4, 0.5) is 0 Å². The van der Waals surface area contributed by atoms with Gasteiger partial charge in [0.25, 0.3) is 0 Å². The lowest BCUT2D eigenvalue weighted by Gasteiger charge is -2.44. The summed E-state index contributed by atoms with van der Waals surface area (Å²) in [6.07, 6.45) is 8.99. The summed E-state index contributed by atoms with van der Waals surface area (Å²) in [4.78, 5) is 2.67. The highest BCUT2D eigenvalue weighted by molar-refractivity contribution is 5.17. The second kappa shape index (κ2) is 6.73. The quantitative estimate of drug-likeness (QED) is 0.903. The molecule has 3 rings (SSSR count). The summed E-state index contributed by atoms with van der Waals surface area (Å²) in [5.74, 6) is 0.936. The van der Waals surface area contributed by atoms with Crippen LogP contribution in [0.3, 0.4) is 0 Å². The number of hydrogen-bond acceptors (Lipinski definition) is 2. The number of aliphatic hydroxyl groups is 1. The van der Waals surface area contributed by atoms with E-state index >= 15 is 0 Å². The molecule has 2 heteroatoms. The molecule has 2 aliphatic rings. The second-order valence-electron chi connectivity index (χ2n) is 6.51. The molecule has 0 bridgehead atoms. The van der Waals surface area contributed by atoms with Gasteiger partial charge in [0.15, 0.2) is 0 Å². The molecule has 2 fully saturated rings. The van der Waals surface area contributed by atoms with Crippen LogP contribution in [0.1, 0.15) is 56.6 Å². The number of aliphatic hydroxyl groups excluding tert-OH is 1. The zero-order valence-electron chi connectivity index (χ0n) is 12.4. The van der Waals surface area contributed by atoms with Gasteiger partial charge in [0.1, 0.15) is 0 Å². The lowest BCUT2D eigenvalue weighted by Crippen LogP contribution is -2.47. The van der Waals surface area contributed by atoms with Gasteiger partial charge in [-0.3, -0.25) is 0 Å². The van der Waals surface area contributed by atoms with Crippen molar-refractivity contribution in [3.63, 3.8) is 0 Å². The molecular weight excluding hydrogens is 246 g/mol. The van der Waals surface area contributed by atoms with Crippen molar-refractivity contribution >= 4 is 0 Å². The molecular formula is C18H27NO. The van der Waals surface area contributed by atoms with E-state index in [1.807, 2.05) is 30.3 Å². The summed E-state index contributed by atoms with van der Waals surface area (Å²) in [5, 5.41) is 10.3. The van der Waals surface area contributed by atoms with Crippen LogP contribution in [0, 0.1) is 5.92 Å². The number of nitrogens with zero attached hydrogens (tertiary/aromatic N) is 1. The molecule has 1 heterocycles. The Hall–Kier alpha value is -0.860. The van der Waals surface area contributed by atoms with Gasteiger partial charge in [-0.05, 0) is 50.1 Å². The number of likely N-dealkylation sites (tertiary alicyclic amines) is 1. The van der Waals surface area contributed by atoms with Crippen LogP contribution < -0.4 is 0 Å². The Labute approximate surface area is 122 Å². The minimum Gasteiger partial charge on any atom is -0.388 e. The van der Waals surface area contributed by atoms with E-state index in [0.717, 1.165) is 30.5 Å². The van der Waals surface area contributed by atoms with Crippen LogP contribution in [0.2, 0.25) is 0 Å². The van der Waals surface area contributed by atoms with Crippen molar-refractivity contribution in [3.05, 3.63) is 35.9 Å². The molecule has 20 heavy (non-hydrogen) atoms. The van der Waals surface area contributed by atoms with Gasteiger partial charge in [0.05, 0.1) is 6.10 Å². The number of fused-ring (bicyclic) bond motifs is 1. The smallest absolute Gasteiger partial charge is 0.0802 e. The highest BCUT2D eigenvalue weighted by Crippen LogP contribution is 2.35. The largest absolute Gasteiger partial charge is 0.388 e. The van der Waals surface area contributed by atoms with Crippen molar-refractivity contribution in [1.29, 1.82) is 0 Å². The van der Waals surface area contributed by atoms with Crippen LogP contribution in [-0.2, 0) is 0 Å². The van der Waals surface area contributed by atoms with Gasteiger partial charge in [-0.15, -0.1) is 0 Å². The number of benzene rings is 1. The minimum atomic E-state index is -0.305. The predicted octanol–water partition coefficient (Wildman–Crippen LogP) is 3.76. The highest BCUT2D eigenvalue weighted by atomic mass is 16.3. The monoisotopic (exact) mass is 273 g/mol. The number of rotatable bonds is 4. The fourth-order valence-electron chi connectivity index (χ4n) is 4.14. The fraction of sp³-hybridized carbons (Fsp3) is 0.667. The standard InChI is InChI=1S/C18H27NO/c20-18(16-8-2-1-3-9-16)12-14-19-13-6-10-15-7-4-5-11-17(15)19/h1-3,8-9,15,17-18,20H,4-7,10-14H2/t15-,17-,18?/m1/s1. The predicted molar refractivity (Wildman–Crippen MR) is 82.6 cm³/mol. The van der Waals surface area contributed by atoms with Crippen LogP contribution in [0.5, 0.6) is 0 Å². The second-order valence-corrected chi connectivity index (χ2v) is 6.51. The molecule has 0 spiro atoms. The number of hydrogen-bond donors (Lipinski definition) is 1. The van der Waals surface area contributed by atoms with Crippen molar-refractivity contribution in [2.75, 3.05) is 13.1 Å². The third-order valence-corrected chi connectivity index (χ3v) is 5.23. The van der Waals surface area contributed by atoms with Gasteiger partial charge in [0, 0.05) is 12.6 Å². The maximum atomic E-state index is 10.3. The van der Waals surface area contributed by atoms with Gasteiger partial charge >= 0.3 is 0 Å². The van der Waals surface area contributed by atoms with Gasteiger partial charge in [0.2, 0.25) is 0 Å². The summed E-state index contributed by atoms with van der Waals surface area (Å²) >= 11 is 0. The van der Waals surface area contributed by atoms with Crippen molar-refractivity contribution in [1.82, 2.24) is 4.90 Å². The van der Waals surface area contributed by atoms with Gasteiger partial charge in [-0.25, -0.2) is 0 Å². The van der Waals surface area contributed by atoms with Gasteiger partial charge in [-0.2, -0.15) is 0 Å². The summed E-state index contributed by atoms with van der Waals surface area (Å²) < 4.78 is 0. The third-order valence-electron chi connectivity index (χ3n) is 5.23. The fourth-order valence-corrected chi connectivity index (χ4v) is 4.14. The normalized spacial score (nSPS) is 28.9. The lowest BCUT2D eigenvalue weighted by atomic mass is 9.78. The molecule has 1 saturated carbocycles. The van der Waals surface area contributed by atoms with Crippen LogP contribution in [0.25, 0.3) is 0 Å². The minimum absolute atomic E-state index is 0.305. The van der Waals surface area contributed by atoms with Crippen molar-refractivity contribution in [2.45, 2.75) is 57.1 Å². The Morgan fingerprint density at radius 2 is 1.80 bits per heavy atom. The molecule has 1 aliphatic carbocycles. The van der Waals surface area contributed by atoms with E-state index in [4.69, 9.17) is 0 Å². The first-order valence-electron chi connectivity index (χ1n) is 8.31. The Morgan fingerprint density at radius 1 is 1.05 bits per heavy atom. The Balaban J connectivity index is 1.54. The van der Waals surface area contributed by atoms with E-state index in [1.54, 1.807) is 0 Å². The van der Waals surface area contributed by atoms with E-state index in [0.29, 0.717) is 0 Å². The average Bonchev–Trinajstić information content (AvgIpc) is 2.53. The van der Waals surface area contributed by atoms with Crippen LogP contribution in [-0.4, -0.2) is 29.1 Å². The Kier molecular flexibility index (Phi) is 4.74. The first kappa shape index (κ1) is 14.1. The zero-order valence-corrected chi connectivity index (χ0v) is 12.4. The molecule has 0 radical (unpaired) electrons.